The molecule has 0 saturated carbocycles. The Balaban J connectivity index is 2.10. The fourth-order valence-electron chi connectivity index (χ4n) is 1.68. The summed E-state index contributed by atoms with van der Waals surface area (Å²) in [4.78, 5) is 10.8. The van der Waals surface area contributed by atoms with Crippen LogP contribution in [0.1, 0.15) is 28.8 Å². The number of hydrogen-bond acceptors (Lipinski definition) is 3. The Bertz CT molecular complexity index is 592. The lowest BCUT2D eigenvalue weighted by Gasteiger charge is -2.07. The van der Waals surface area contributed by atoms with Gasteiger partial charge in [0.1, 0.15) is 17.3 Å². The molecule has 2 rings (SSSR count). The summed E-state index contributed by atoms with van der Waals surface area (Å²) in [6, 6.07) is 7.30. The summed E-state index contributed by atoms with van der Waals surface area (Å²) in [5, 5.41) is 11.7. The average Bonchev–Trinajstić information content (AvgIpc) is 2.85. The molecule has 0 radical (unpaired) electrons. The Labute approximate surface area is 109 Å². The lowest BCUT2D eigenvalue weighted by atomic mass is 10.2. The largest absolute Gasteiger partial charge is 0.478 e. The van der Waals surface area contributed by atoms with Crippen molar-refractivity contribution in [2.24, 2.45) is 0 Å². The van der Waals surface area contributed by atoms with Gasteiger partial charge < -0.3 is 14.8 Å². The summed E-state index contributed by atoms with van der Waals surface area (Å²) >= 11 is 0. The first-order valence-corrected chi connectivity index (χ1v) is 5.94. The molecular weight excluding hydrogens is 249 g/mol. The molecular formula is C14H14FNO3. The fraction of sp³-hybridized carbons (Fsp3) is 0.214. The molecule has 4 nitrogen and oxygen atoms in total. The lowest BCUT2D eigenvalue weighted by Crippen LogP contribution is -2.03. The highest BCUT2D eigenvalue weighted by Gasteiger charge is 2.09. The normalized spacial score (nSPS) is 10.4. The van der Waals surface area contributed by atoms with Crippen LogP contribution in [0.2, 0.25) is 0 Å². The Morgan fingerprint density at radius 1 is 1.32 bits per heavy atom. The molecule has 0 aliphatic rings. The van der Waals surface area contributed by atoms with E-state index in [0.29, 0.717) is 12.3 Å². The second-order valence-electron chi connectivity index (χ2n) is 4.07. The minimum atomic E-state index is -1.09. The summed E-state index contributed by atoms with van der Waals surface area (Å²) < 4.78 is 19.0. The third kappa shape index (κ3) is 3.13. The van der Waals surface area contributed by atoms with Crippen molar-refractivity contribution < 1.29 is 18.7 Å². The van der Waals surface area contributed by atoms with Gasteiger partial charge in [-0.15, -0.1) is 0 Å². The van der Waals surface area contributed by atoms with Crippen LogP contribution in [0.5, 0.6) is 0 Å². The first kappa shape index (κ1) is 13.1. The van der Waals surface area contributed by atoms with Crippen molar-refractivity contribution in [1.82, 2.24) is 0 Å². The Morgan fingerprint density at radius 3 is 2.68 bits per heavy atom. The molecule has 0 aliphatic carbocycles. The van der Waals surface area contributed by atoms with Crippen LogP contribution in [0, 0.1) is 5.82 Å². The van der Waals surface area contributed by atoms with Crippen LogP contribution in [0.4, 0.5) is 10.1 Å². The van der Waals surface area contributed by atoms with E-state index in [4.69, 9.17) is 9.52 Å². The van der Waals surface area contributed by atoms with Gasteiger partial charge in [-0.3, -0.25) is 0 Å². The Morgan fingerprint density at radius 2 is 2.05 bits per heavy atom. The van der Waals surface area contributed by atoms with Gasteiger partial charge in [0.25, 0.3) is 0 Å². The van der Waals surface area contributed by atoms with Crippen molar-refractivity contribution in [3.8, 4) is 0 Å². The molecule has 0 saturated heterocycles. The standard InChI is InChI=1S/C14H14FNO3/c1-2-10-4-5-11(19-10)8-16-13-7-9(14(17)18)3-6-12(13)15/h3-7,16H,2,8H2,1H3,(H,17,18). The van der Waals surface area contributed by atoms with Crippen LogP contribution in [-0.4, -0.2) is 11.1 Å². The predicted octanol–water partition coefficient (Wildman–Crippen LogP) is 3.29. The van der Waals surface area contributed by atoms with E-state index in [-0.39, 0.29) is 11.3 Å². The third-order valence-electron chi connectivity index (χ3n) is 2.73. The number of furan rings is 1. The van der Waals surface area contributed by atoms with Gasteiger partial charge in [0.05, 0.1) is 17.8 Å². The van der Waals surface area contributed by atoms with Gasteiger partial charge >= 0.3 is 5.97 Å². The lowest BCUT2D eigenvalue weighted by molar-refractivity contribution is 0.0697. The van der Waals surface area contributed by atoms with E-state index >= 15 is 0 Å². The van der Waals surface area contributed by atoms with Crippen molar-refractivity contribution in [3.05, 3.63) is 53.2 Å². The van der Waals surface area contributed by atoms with Crippen molar-refractivity contribution in [2.45, 2.75) is 19.9 Å². The van der Waals surface area contributed by atoms with Gasteiger partial charge in [0, 0.05) is 6.42 Å². The van der Waals surface area contributed by atoms with Crippen LogP contribution in [0.3, 0.4) is 0 Å². The number of benzene rings is 1. The van der Waals surface area contributed by atoms with Gasteiger partial charge in [-0.2, -0.15) is 0 Å². The molecule has 1 heterocycles. The minimum absolute atomic E-state index is 0.0394. The number of aryl methyl sites for hydroxylation is 1. The van der Waals surface area contributed by atoms with Crippen molar-refractivity contribution in [2.75, 3.05) is 5.32 Å². The first-order valence-electron chi connectivity index (χ1n) is 5.94. The van der Waals surface area contributed by atoms with E-state index in [1.165, 1.54) is 12.1 Å². The molecule has 0 atom stereocenters. The Hall–Kier alpha value is -2.30. The molecule has 0 spiro atoms. The zero-order valence-corrected chi connectivity index (χ0v) is 10.4. The molecule has 0 aliphatic heterocycles. The number of aromatic carboxylic acids is 1. The van der Waals surface area contributed by atoms with Gasteiger partial charge in [-0.05, 0) is 30.3 Å². The molecule has 2 aromatic rings. The van der Waals surface area contributed by atoms with E-state index in [0.717, 1.165) is 18.2 Å². The number of carboxylic acids is 1. The SMILES string of the molecule is CCc1ccc(CNc2cc(C(=O)O)ccc2F)o1. The van der Waals surface area contributed by atoms with Crippen LogP contribution >= 0.6 is 0 Å². The molecule has 0 fully saturated rings. The third-order valence-corrected chi connectivity index (χ3v) is 2.73. The zero-order valence-electron chi connectivity index (χ0n) is 10.4. The number of rotatable bonds is 5. The highest BCUT2D eigenvalue weighted by Crippen LogP contribution is 2.18. The van der Waals surface area contributed by atoms with Crippen LogP contribution < -0.4 is 5.32 Å². The summed E-state index contributed by atoms with van der Waals surface area (Å²) in [7, 11) is 0. The number of carboxylic acid groups (broad SMARTS) is 1. The van der Waals surface area contributed by atoms with Crippen molar-refractivity contribution >= 4 is 11.7 Å². The number of anilines is 1. The molecule has 5 heteroatoms. The maximum Gasteiger partial charge on any atom is 0.335 e. The average molecular weight is 263 g/mol. The number of nitrogens with one attached hydrogen (secondary N) is 1. The second kappa shape index (κ2) is 5.56. The molecule has 100 valence electrons. The van der Waals surface area contributed by atoms with E-state index in [2.05, 4.69) is 5.32 Å². The molecule has 1 aromatic carbocycles. The van der Waals surface area contributed by atoms with E-state index in [9.17, 15) is 9.18 Å². The monoisotopic (exact) mass is 263 g/mol. The van der Waals surface area contributed by atoms with Crippen molar-refractivity contribution in [1.29, 1.82) is 0 Å². The van der Waals surface area contributed by atoms with Gasteiger partial charge in [-0.25, -0.2) is 9.18 Å². The minimum Gasteiger partial charge on any atom is -0.478 e. The maximum absolute atomic E-state index is 13.5. The van der Waals surface area contributed by atoms with E-state index < -0.39 is 11.8 Å². The number of hydrogen-bond donors (Lipinski definition) is 2. The summed E-state index contributed by atoms with van der Waals surface area (Å²) in [5.74, 6) is -0.0462. The van der Waals surface area contributed by atoms with Gasteiger partial charge in [-0.1, -0.05) is 6.92 Å². The summed E-state index contributed by atoms with van der Waals surface area (Å²) in [5.41, 5.74) is 0.187. The second-order valence-corrected chi connectivity index (χ2v) is 4.07. The molecule has 0 amide bonds. The highest BCUT2D eigenvalue weighted by molar-refractivity contribution is 5.88. The molecule has 0 bridgehead atoms. The van der Waals surface area contributed by atoms with Crippen LogP contribution in [-0.2, 0) is 13.0 Å². The molecule has 2 N–H and O–H groups in total. The Kier molecular flexibility index (Phi) is 3.85. The van der Waals surface area contributed by atoms with Crippen LogP contribution in [0.25, 0.3) is 0 Å². The highest BCUT2D eigenvalue weighted by atomic mass is 19.1. The summed E-state index contributed by atoms with van der Waals surface area (Å²) in [6.45, 7) is 2.28. The van der Waals surface area contributed by atoms with Crippen molar-refractivity contribution in [3.63, 3.8) is 0 Å². The van der Waals surface area contributed by atoms with E-state index in [1.807, 2.05) is 19.1 Å². The van der Waals surface area contributed by atoms with Gasteiger partial charge in [0.15, 0.2) is 0 Å². The first-order chi connectivity index (χ1) is 9.10. The topological polar surface area (TPSA) is 62.5 Å². The predicted molar refractivity (Wildman–Crippen MR) is 68.8 cm³/mol. The molecule has 19 heavy (non-hydrogen) atoms. The van der Waals surface area contributed by atoms with Gasteiger partial charge in [0.2, 0.25) is 0 Å². The quantitative estimate of drug-likeness (QED) is 0.868. The van der Waals surface area contributed by atoms with E-state index in [1.54, 1.807) is 0 Å². The number of carbonyl (C=O) groups is 1. The van der Waals surface area contributed by atoms with Crippen LogP contribution in [0.15, 0.2) is 34.7 Å². The zero-order chi connectivity index (χ0) is 13.8. The number of halogens is 1. The molecule has 1 aromatic heterocycles. The maximum atomic E-state index is 13.5. The summed E-state index contributed by atoms with van der Waals surface area (Å²) in [6.07, 6.45) is 0.795. The smallest absolute Gasteiger partial charge is 0.335 e. The fourth-order valence-corrected chi connectivity index (χ4v) is 1.68. The molecule has 0 unspecified atom stereocenters.